The minimum absolute atomic E-state index is 0.0136. The Morgan fingerprint density at radius 1 is 1.16 bits per heavy atom. The number of fused-ring (bicyclic) bond motifs is 2. The zero-order valence-corrected chi connectivity index (χ0v) is 17.4. The minimum Gasteiger partial charge on any atom is -0.486 e. The average molecular weight is 419 g/mol. The van der Waals surface area contributed by atoms with Gasteiger partial charge in [0.05, 0.1) is 0 Å². The molecule has 2 N–H and O–H groups in total. The van der Waals surface area contributed by atoms with E-state index in [0.717, 1.165) is 16.5 Å². The Morgan fingerprint density at radius 3 is 2.84 bits per heavy atom. The summed E-state index contributed by atoms with van der Waals surface area (Å²) < 4.78 is 11.1. The number of likely N-dealkylation sites (tertiary alicyclic amines) is 1. The van der Waals surface area contributed by atoms with Crippen LogP contribution in [0.3, 0.4) is 0 Å². The third-order valence-corrected chi connectivity index (χ3v) is 6.29. The van der Waals surface area contributed by atoms with Crippen molar-refractivity contribution >= 4 is 28.4 Å². The number of hydrogen-bond acceptors (Lipinski definition) is 4. The predicted octanol–water partition coefficient (Wildman–Crippen LogP) is 3.50. The first-order valence-corrected chi connectivity index (χ1v) is 10.6. The van der Waals surface area contributed by atoms with E-state index in [1.165, 1.54) is 0 Å². The van der Waals surface area contributed by atoms with Gasteiger partial charge in [0.15, 0.2) is 11.5 Å². The van der Waals surface area contributed by atoms with Crippen LogP contribution in [0, 0.1) is 0 Å². The van der Waals surface area contributed by atoms with Crippen molar-refractivity contribution in [3.63, 3.8) is 0 Å². The molecule has 2 aromatic carbocycles. The molecule has 31 heavy (non-hydrogen) atoms. The number of nitrogens with zero attached hydrogens (tertiary/aromatic N) is 1. The zero-order chi connectivity index (χ0) is 21.4. The van der Waals surface area contributed by atoms with Crippen molar-refractivity contribution in [1.82, 2.24) is 9.88 Å². The van der Waals surface area contributed by atoms with Crippen molar-refractivity contribution < 1.29 is 19.1 Å². The first-order valence-electron chi connectivity index (χ1n) is 10.6. The first-order chi connectivity index (χ1) is 15.0. The molecule has 2 aliphatic rings. The number of H-pyrrole nitrogens is 1. The van der Waals surface area contributed by atoms with Gasteiger partial charge in [0.1, 0.15) is 18.8 Å². The third kappa shape index (κ3) is 3.50. The lowest BCUT2D eigenvalue weighted by Gasteiger charge is -2.34. The Labute approximate surface area is 180 Å². The Morgan fingerprint density at radius 2 is 1.97 bits per heavy atom. The molecule has 1 fully saturated rings. The summed E-state index contributed by atoms with van der Waals surface area (Å²) in [5.74, 6) is 1.12. The second-order valence-corrected chi connectivity index (χ2v) is 8.24. The fourth-order valence-corrected chi connectivity index (χ4v) is 4.46. The number of aromatic nitrogens is 1. The number of carbonyl (C=O) groups excluding carboxylic acids is 2. The molecule has 1 unspecified atom stereocenters. The van der Waals surface area contributed by atoms with Crippen molar-refractivity contribution in [1.29, 1.82) is 0 Å². The van der Waals surface area contributed by atoms with E-state index >= 15 is 0 Å². The van der Waals surface area contributed by atoms with Crippen molar-refractivity contribution in [2.45, 2.75) is 31.7 Å². The number of amides is 2. The van der Waals surface area contributed by atoms with E-state index in [1.54, 1.807) is 23.1 Å². The Bertz CT molecular complexity index is 1150. The molecular formula is C24H25N3O4. The highest BCUT2D eigenvalue weighted by Gasteiger charge is 2.47. The van der Waals surface area contributed by atoms with E-state index in [9.17, 15) is 9.59 Å². The highest BCUT2D eigenvalue weighted by Crippen LogP contribution is 2.35. The topological polar surface area (TPSA) is 83.7 Å². The lowest BCUT2D eigenvalue weighted by atomic mass is 9.97. The number of carbonyl (C=O) groups is 2. The van der Waals surface area contributed by atoms with Gasteiger partial charge in [-0.05, 0) is 43.5 Å². The number of benzene rings is 2. The minimum atomic E-state index is -0.892. The molecular weight excluding hydrogens is 394 g/mol. The molecule has 3 aromatic rings. The summed E-state index contributed by atoms with van der Waals surface area (Å²) in [6.07, 6.45) is 3.54. The largest absolute Gasteiger partial charge is 0.486 e. The van der Waals surface area contributed by atoms with E-state index < -0.39 is 5.54 Å². The van der Waals surface area contributed by atoms with Gasteiger partial charge in [0.2, 0.25) is 11.8 Å². The van der Waals surface area contributed by atoms with E-state index in [0.29, 0.717) is 56.2 Å². The van der Waals surface area contributed by atoms with Crippen molar-refractivity contribution in [3.05, 3.63) is 54.2 Å². The van der Waals surface area contributed by atoms with E-state index in [2.05, 4.69) is 16.4 Å². The fraction of sp³-hybridized carbons (Fsp3) is 0.333. The molecule has 0 spiro atoms. The van der Waals surface area contributed by atoms with Gasteiger partial charge in [-0.3, -0.25) is 9.59 Å². The standard InChI is InChI=1S/C24H25N3O4/c1-24(23(29)26-17-6-7-20-21(14-17)31-13-12-30-20)10-8-22(28)27(24)11-9-16-15-25-19-5-3-2-4-18(16)19/h2-7,14-15,25H,8-13H2,1H3,(H,26,29). The molecule has 0 saturated carbocycles. The SMILES string of the molecule is CC1(C(=O)Nc2ccc3c(c2)OCCO3)CCC(=O)N1CCc1c[nH]c2ccccc12. The van der Waals surface area contributed by atoms with E-state index in [-0.39, 0.29) is 11.8 Å². The third-order valence-electron chi connectivity index (χ3n) is 6.29. The smallest absolute Gasteiger partial charge is 0.250 e. The molecule has 0 aliphatic carbocycles. The maximum absolute atomic E-state index is 13.3. The molecule has 0 bridgehead atoms. The molecule has 5 rings (SSSR count). The van der Waals surface area contributed by atoms with Crippen LogP contribution in [0.1, 0.15) is 25.3 Å². The maximum atomic E-state index is 13.3. The van der Waals surface area contributed by atoms with E-state index in [4.69, 9.17) is 9.47 Å². The van der Waals surface area contributed by atoms with Crippen LogP contribution in [0.2, 0.25) is 0 Å². The van der Waals surface area contributed by atoms with Crippen LogP contribution in [-0.2, 0) is 16.0 Å². The number of hydrogen-bond donors (Lipinski definition) is 2. The number of aromatic amines is 1. The summed E-state index contributed by atoms with van der Waals surface area (Å²) in [4.78, 5) is 30.9. The molecule has 7 heteroatoms. The van der Waals surface area contributed by atoms with Crippen LogP contribution in [-0.4, -0.2) is 47.0 Å². The molecule has 7 nitrogen and oxygen atoms in total. The van der Waals surface area contributed by atoms with Crippen LogP contribution in [0.4, 0.5) is 5.69 Å². The summed E-state index contributed by atoms with van der Waals surface area (Å²) in [6.45, 7) is 3.34. The number of anilines is 1. The molecule has 1 aromatic heterocycles. The van der Waals surface area contributed by atoms with Crippen LogP contribution >= 0.6 is 0 Å². The number of nitrogens with one attached hydrogen (secondary N) is 2. The van der Waals surface area contributed by atoms with Gasteiger partial charge in [-0.15, -0.1) is 0 Å². The van der Waals surface area contributed by atoms with Crippen LogP contribution < -0.4 is 14.8 Å². The van der Waals surface area contributed by atoms with Crippen molar-refractivity contribution in [2.75, 3.05) is 25.1 Å². The quantitative estimate of drug-likeness (QED) is 0.663. The van der Waals surface area contributed by atoms with Gasteiger partial charge < -0.3 is 24.7 Å². The van der Waals surface area contributed by atoms with Gasteiger partial charge >= 0.3 is 0 Å². The average Bonchev–Trinajstić information content (AvgIpc) is 3.33. The summed E-state index contributed by atoms with van der Waals surface area (Å²) in [7, 11) is 0. The summed E-state index contributed by atoms with van der Waals surface area (Å²) in [5, 5.41) is 4.12. The number of ether oxygens (including phenoxy) is 2. The van der Waals surface area contributed by atoms with Gasteiger partial charge in [-0.25, -0.2) is 0 Å². The highest BCUT2D eigenvalue weighted by molar-refractivity contribution is 6.02. The van der Waals surface area contributed by atoms with Crippen LogP contribution in [0.5, 0.6) is 11.5 Å². The lowest BCUT2D eigenvalue weighted by molar-refractivity contribution is -0.137. The van der Waals surface area contributed by atoms with Gasteiger partial charge in [0.25, 0.3) is 0 Å². The van der Waals surface area contributed by atoms with Gasteiger partial charge in [-0.2, -0.15) is 0 Å². The zero-order valence-electron chi connectivity index (χ0n) is 17.4. The fourth-order valence-electron chi connectivity index (χ4n) is 4.46. The van der Waals surface area contributed by atoms with Crippen molar-refractivity contribution in [2.24, 2.45) is 0 Å². The van der Waals surface area contributed by atoms with Gasteiger partial charge in [0, 0.05) is 41.8 Å². The van der Waals surface area contributed by atoms with Crippen LogP contribution in [0.15, 0.2) is 48.7 Å². The Hall–Kier alpha value is -3.48. The molecule has 1 atom stereocenters. The lowest BCUT2D eigenvalue weighted by Crippen LogP contribution is -2.52. The summed E-state index contributed by atoms with van der Waals surface area (Å²) in [6, 6.07) is 13.5. The van der Waals surface area contributed by atoms with Crippen LogP contribution in [0.25, 0.3) is 10.9 Å². The second kappa shape index (κ2) is 7.65. The molecule has 2 amide bonds. The number of para-hydroxylation sites is 1. The Kier molecular flexibility index (Phi) is 4.81. The highest BCUT2D eigenvalue weighted by atomic mass is 16.6. The molecule has 2 aliphatic heterocycles. The van der Waals surface area contributed by atoms with Gasteiger partial charge in [-0.1, -0.05) is 18.2 Å². The predicted molar refractivity (Wildman–Crippen MR) is 117 cm³/mol. The summed E-state index contributed by atoms with van der Waals surface area (Å²) >= 11 is 0. The molecule has 1 saturated heterocycles. The van der Waals surface area contributed by atoms with Crippen molar-refractivity contribution in [3.8, 4) is 11.5 Å². The van der Waals surface area contributed by atoms with E-state index in [1.807, 2.05) is 31.3 Å². The molecule has 3 heterocycles. The molecule has 0 radical (unpaired) electrons. The monoisotopic (exact) mass is 419 g/mol. The normalized spacial score (nSPS) is 20.3. The second-order valence-electron chi connectivity index (χ2n) is 8.24. The number of rotatable bonds is 5. The summed E-state index contributed by atoms with van der Waals surface area (Å²) in [5.41, 5.74) is 1.96. The first kappa shape index (κ1) is 19.5. The molecule has 160 valence electrons. The maximum Gasteiger partial charge on any atom is 0.250 e. The Balaban J connectivity index is 1.32.